The van der Waals surface area contributed by atoms with E-state index in [0.717, 1.165) is 38.9 Å². The Morgan fingerprint density at radius 2 is 1.12 bits per heavy atom. The van der Waals surface area contributed by atoms with Gasteiger partial charge in [-0.1, -0.05) is 91.0 Å². The summed E-state index contributed by atoms with van der Waals surface area (Å²) in [6, 6.07) is 42.0. The predicted molar refractivity (Wildman–Crippen MR) is 134 cm³/mol. The zero-order valence-electron chi connectivity index (χ0n) is 17.5. The highest BCUT2D eigenvalue weighted by atomic mass is 16.3. The van der Waals surface area contributed by atoms with Gasteiger partial charge in [-0.25, -0.2) is 0 Å². The van der Waals surface area contributed by atoms with Crippen LogP contribution < -0.4 is 5.32 Å². The number of para-hydroxylation sites is 2. The van der Waals surface area contributed by atoms with Crippen molar-refractivity contribution in [3.8, 4) is 22.3 Å². The van der Waals surface area contributed by atoms with Gasteiger partial charge in [0.15, 0.2) is 0 Å². The first-order valence-corrected chi connectivity index (χ1v) is 10.8. The highest BCUT2D eigenvalue weighted by Crippen LogP contribution is 2.38. The van der Waals surface area contributed by atoms with Gasteiger partial charge in [-0.15, -0.1) is 0 Å². The van der Waals surface area contributed by atoms with E-state index < -0.39 is 0 Å². The number of anilines is 2. The van der Waals surface area contributed by atoms with Crippen LogP contribution in [0.4, 0.5) is 11.4 Å². The molecule has 5 aromatic carbocycles. The van der Waals surface area contributed by atoms with Gasteiger partial charge in [-0.2, -0.15) is 0 Å². The summed E-state index contributed by atoms with van der Waals surface area (Å²) in [6.45, 7) is 0. The van der Waals surface area contributed by atoms with E-state index in [1.807, 2.05) is 18.2 Å². The molecule has 152 valence electrons. The van der Waals surface area contributed by atoms with Crippen LogP contribution in [0, 0.1) is 0 Å². The fourth-order valence-electron chi connectivity index (χ4n) is 4.37. The largest absolute Gasteiger partial charge is 0.456 e. The van der Waals surface area contributed by atoms with Gasteiger partial charge in [-0.05, 0) is 41.0 Å². The Morgan fingerprint density at radius 1 is 0.469 bits per heavy atom. The van der Waals surface area contributed by atoms with Gasteiger partial charge in [0.2, 0.25) is 0 Å². The van der Waals surface area contributed by atoms with Gasteiger partial charge in [-0.3, -0.25) is 0 Å². The van der Waals surface area contributed by atoms with E-state index in [4.69, 9.17) is 4.42 Å². The molecular formula is C30H21NO. The molecular weight excluding hydrogens is 390 g/mol. The molecule has 0 amide bonds. The highest BCUT2D eigenvalue weighted by Gasteiger charge is 2.12. The van der Waals surface area contributed by atoms with Crippen molar-refractivity contribution in [2.75, 3.05) is 5.32 Å². The highest BCUT2D eigenvalue weighted by molar-refractivity contribution is 6.05. The van der Waals surface area contributed by atoms with Crippen LogP contribution in [0.2, 0.25) is 0 Å². The Morgan fingerprint density at radius 3 is 2.00 bits per heavy atom. The molecule has 0 aliphatic heterocycles. The smallest absolute Gasteiger partial charge is 0.137 e. The Labute approximate surface area is 186 Å². The molecule has 0 bridgehead atoms. The maximum atomic E-state index is 6.08. The van der Waals surface area contributed by atoms with Crippen LogP contribution in [0.15, 0.2) is 126 Å². The van der Waals surface area contributed by atoms with Crippen LogP contribution in [0.25, 0.3) is 44.2 Å². The summed E-state index contributed by atoms with van der Waals surface area (Å²) < 4.78 is 6.08. The minimum absolute atomic E-state index is 0.887. The third-order valence-corrected chi connectivity index (χ3v) is 5.89. The fraction of sp³-hybridized carbons (Fsp3) is 0. The van der Waals surface area contributed by atoms with Gasteiger partial charge in [0.05, 0.1) is 0 Å². The van der Waals surface area contributed by atoms with Crippen molar-refractivity contribution in [1.82, 2.24) is 0 Å². The zero-order chi connectivity index (χ0) is 21.3. The minimum atomic E-state index is 0.887. The van der Waals surface area contributed by atoms with Gasteiger partial charge in [0.1, 0.15) is 11.2 Å². The maximum absolute atomic E-state index is 6.08. The molecule has 0 saturated heterocycles. The van der Waals surface area contributed by atoms with E-state index in [1.54, 1.807) is 0 Å². The quantitative estimate of drug-likeness (QED) is 0.314. The lowest BCUT2D eigenvalue weighted by atomic mass is 9.93. The van der Waals surface area contributed by atoms with Crippen LogP contribution in [0.3, 0.4) is 0 Å². The van der Waals surface area contributed by atoms with Crippen molar-refractivity contribution in [2.24, 2.45) is 0 Å². The number of nitrogens with one attached hydrogen (secondary N) is 1. The van der Waals surface area contributed by atoms with Crippen molar-refractivity contribution in [1.29, 1.82) is 0 Å². The lowest BCUT2D eigenvalue weighted by Gasteiger charge is -2.16. The van der Waals surface area contributed by atoms with E-state index in [9.17, 15) is 0 Å². The second kappa shape index (κ2) is 7.75. The number of hydrogen-bond donors (Lipinski definition) is 1. The topological polar surface area (TPSA) is 25.2 Å². The number of rotatable bonds is 4. The number of fused-ring (bicyclic) bond motifs is 3. The van der Waals surface area contributed by atoms with Crippen LogP contribution in [-0.2, 0) is 0 Å². The zero-order valence-corrected chi connectivity index (χ0v) is 17.5. The van der Waals surface area contributed by atoms with E-state index in [-0.39, 0.29) is 0 Å². The monoisotopic (exact) mass is 411 g/mol. The van der Waals surface area contributed by atoms with Gasteiger partial charge in [0, 0.05) is 33.8 Å². The average Bonchev–Trinajstić information content (AvgIpc) is 3.23. The Hall–Kier alpha value is -4.30. The van der Waals surface area contributed by atoms with Gasteiger partial charge >= 0.3 is 0 Å². The molecule has 0 atom stereocenters. The molecule has 2 heteroatoms. The van der Waals surface area contributed by atoms with Crippen LogP contribution in [0.1, 0.15) is 0 Å². The summed E-state index contributed by atoms with van der Waals surface area (Å²) in [6.07, 6.45) is 0. The summed E-state index contributed by atoms with van der Waals surface area (Å²) in [4.78, 5) is 0. The number of benzene rings is 5. The van der Waals surface area contributed by atoms with E-state index in [1.165, 1.54) is 16.7 Å². The summed E-state index contributed by atoms with van der Waals surface area (Å²) >= 11 is 0. The molecule has 0 unspecified atom stereocenters. The summed E-state index contributed by atoms with van der Waals surface area (Å²) in [5, 5.41) is 5.90. The number of hydrogen-bond acceptors (Lipinski definition) is 2. The van der Waals surface area contributed by atoms with Crippen molar-refractivity contribution in [3.63, 3.8) is 0 Å². The molecule has 0 spiro atoms. The maximum Gasteiger partial charge on any atom is 0.137 e. The summed E-state index contributed by atoms with van der Waals surface area (Å²) in [5.74, 6) is 0. The van der Waals surface area contributed by atoms with Crippen molar-refractivity contribution in [2.45, 2.75) is 0 Å². The molecule has 32 heavy (non-hydrogen) atoms. The summed E-state index contributed by atoms with van der Waals surface area (Å²) in [5.41, 5.74) is 8.66. The van der Waals surface area contributed by atoms with Crippen molar-refractivity contribution >= 4 is 33.3 Å². The standard InChI is InChI=1S/C30H21NO/c1-2-10-21(11-3-1)23-12-4-5-13-24(23)25-14-6-8-16-28(25)31-22-18-19-27-26-15-7-9-17-29(26)32-30(27)20-22/h1-20,31H. The van der Waals surface area contributed by atoms with Crippen molar-refractivity contribution < 1.29 is 4.42 Å². The molecule has 0 fully saturated rings. The van der Waals surface area contributed by atoms with E-state index in [2.05, 4.69) is 108 Å². The molecule has 0 aliphatic rings. The first-order chi connectivity index (χ1) is 15.9. The molecule has 0 aliphatic carbocycles. The SMILES string of the molecule is c1ccc(-c2ccccc2-c2ccccc2Nc2ccc3c(c2)oc2ccccc23)cc1. The van der Waals surface area contributed by atoms with E-state index in [0.29, 0.717) is 0 Å². The third-order valence-electron chi connectivity index (χ3n) is 5.89. The summed E-state index contributed by atoms with van der Waals surface area (Å²) in [7, 11) is 0. The van der Waals surface area contributed by atoms with Crippen LogP contribution in [0.5, 0.6) is 0 Å². The Kier molecular flexibility index (Phi) is 4.47. The number of furan rings is 1. The lowest BCUT2D eigenvalue weighted by molar-refractivity contribution is 0.669. The first kappa shape index (κ1) is 18.5. The first-order valence-electron chi connectivity index (χ1n) is 10.8. The Bertz CT molecular complexity index is 1550. The van der Waals surface area contributed by atoms with Gasteiger partial charge < -0.3 is 9.73 Å². The normalized spacial score (nSPS) is 11.1. The van der Waals surface area contributed by atoms with Crippen molar-refractivity contribution in [3.05, 3.63) is 121 Å². The average molecular weight is 412 g/mol. The second-order valence-electron chi connectivity index (χ2n) is 7.89. The molecule has 2 nitrogen and oxygen atoms in total. The van der Waals surface area contributed by atoms with Crippen LogP contribution in [-0.4, -0.2) is 0 Å². The molecule has 6 rings (SSSR count). The lowest BCUT2D eigenvalue weighted by Crippen LogP contribution is -1.94. The molecule has 0 radical (unpaired) electrons. The molecule has 1 heterocycles. The second-order valence-corrected chi connectivity index (χ2v) is 7.89. The van der Waals surface area contributed by atoms with E-state index >= 15 is 0 Å². The molecule has 1 aromatic heterocycles. The fourth-order valence-corrected chi connectivity index (χ4v) is 4.37. The minimum Gasteiger partial charge on any atom is -0.456 e. The molecule has 6 aromatic rings. The van der Waals surface area contributed by atoms with Crippen LogP contribution >= 0.6 is 0 Å². The molecule has 0 saturated carbocycles. The predicted octanol–water partition coefficient (Wildman–Crippen LogP) is 8.66. The Balaban J connectivity index is 1.43. The molecule has 1 N–H and O–H groups in total. The van der Waals surface area contributed by atoms with Gasteiger partial charge in [0.25, 0.3) is 0 Å². The third kappa shape index (κ3) is 3.23.